The predicted octanol–water partition coefficient (Wildman–Crippen LogP) is 1.41. The lowest BCUT2D eigenvalue weighted by Crippen LogP contribution is -2.25. The zero-order valence-corrected chi connectivity index (χ0v) is 10.4. The molecule has 0 aliphatic heterocycles. The number of rotatable bonds is 5. The van der Waals surface area contributed by atoms with Gasteiger partial charge in [0.2, 0.25) is 0 Å². The third-order valence-electron chi connectivity index (χ3n) is 2.58. The summed E-state index contributed by atoms with van der Waals surface area (Å²) in [5, 5.41) is 0. The molecule has 0 atom stereocenters. The molecule has 2 N–H and O–H groups in total. The van der Waals surface area contributed by atoms with Crippen molar-refractivity contribution in [3.8, 4) is 11.5 Å². The van der Waals surface area contributed by atoms with E-state index in [4.69, 9.17) is 15.2 Å². The molecular weight excluding hydrogens is 204 g/mol. The molecule has 4 nitrogen and oxygen atoms in total. The minimum Gasteiger partial charge on any atom is -0.493 e. The van der Waals surface area contributed by atoms with Crippen LogP contribution in [0.5, 0.6) is 11.5 Å². The largest absolute Gasteiger partial charge is 0.493 e. The van der Waals surface area contributed by atoms with Crippen molar-refractivity contribution >= 4 is 5.69 Å². The van der Waals surface area contributed by atoms with Crippen LogP contribution in [0.4, 0.5) is 5.69 Å². The number of hydrogen-bond acceptors (Lipinski definition) is 4. The van der Waals surface area contributed by atoms with Crippen molar-refractivity contribution in [2.45, 2.75) is 6.92 Å². The van der Waals surface area contributed by atoms with E-state index in [1.165, 1.54) is 0 Å². The van der Waals surface area contributed by atoms with Gasteiger partial charge in [0.05, 0.1) is 14.2 Å². The molecular formula is C12H20N2O2. The monoisotopic (exact) mass is 224 g/mol. The molecule has 1 aromatic rings. The summed E-state index contributed by atoms with van der Waals surface area (Å²) in [7, 11) is 5.29. The molecule has 0 bridgehead atoms. The highest BCUT2D eigenvalue weighted by atomic mass is 16.5. The van der Waals surface area contributed by atoms with Crippen molar-refractivity contribution in [3.05, 3.63) is 17.7 Å². The Hall–Kier alpha value is -1.42. The number of nitrogens with two attached hydrogens (primary N) is 1. The third kappa shape index (κ3) is 2.58. The van der Waals surface area contributed by atoms with E-state index in [-0.39, 0.29) is 0 Å². The maximum absolute atomic E-state index is 5.55. The van der Waals surface area contributed by atoms with Gasteiger partial charge in [-0.25, -0.2) is 0 Å². The van der Waals surface area contributed by atoms with Crippen LogP contribution < -0.4 is 20.1 Å². The molecule has 0 aliphatic carbocycles. The van der Waals surface area contributed by atoms with E-state index in [1.807, 2.05) is 26.1 Å². The molecule has 0 saturated heterocycles. The number of hydrogen-bond donors (Lipinski definition) is 1. The topological polar surface area (TPSA) is 47.7 Å². The Morgan fingerprint density at radius 3 is 2.25 bits per heavy atom. The van der Waals surface area contributed by atoms with Crippen molar-refractivity contribution in [2.24, 2.45) is 5.73 Å². The highest BCUT2D eigenvalue weighted by Crippen LogP contribution is 2.34. The van der Waals surface area contributed by atoms with Crippen molar-refractivity contribution < 1.29 is 9.47 Å². The summed E-state index contributed by atoms with van der Waals surface area (Å²) >= 11 is 0. The van der Waals surface area contributed by atoms with Gasteiger partial charge >= 0.3 is 0 Å². The second-order valence-corrected chi connectivity index (χ2v) is 3.70. The Balaban J connectivity index is 3.10. The van der Waals surface area contributed by atoms with E-state index in [9.17, 15) is 0 Å². The van der Waals surface area contributed by atoms with E-state index in [2.05, 4.69) is 4.90 Å². The summed E-state index contributed by atoms with van der Waals surface area (Å²) in [6, 6.07) is 3.95. The van der Waals surface area contributed by atoms with E-state index < -0.39 is 0 Å². The molecule has 0 saturated carbocycles. The molecule has 0 fully saturated rings. The van der Waals surface area contributed by atoms with Crippen molar-refractivity contribution in [1.29, 1.82) is 0 Å². The first-order valence-corrected chi connectivity index (χ1v) is 5.27. The van der Waals surface area contributed by atoms with Gasteiger partial charge in [-0.15, -0.1) is 0 Å². The van der Waals surface area contributed by atoms with Gasteiger partial charge < -0.3 is 20.1 Å². The lowest BCUT2D eigenvalue weighted by Gasteiger charge is -2.22. The van der Waals surface area contributed by atoms with Crippen LogP contribution >= 0.6 is 0 Å². The normalized spacial score (nSPS) is 10.1. The molecule has 0 spiro atoms. The summed E-state index contributed by atoms with van der Waals surface area (Å²) in [4.78, 5) is 2.11. The van der Waals surface area contributed by atoms with Crippen LogP contribution in [0.2, 0.25) is 0 Å². The Bertz CT molecular complexity index is 353. The summed E-state index contributed by atoms with van der Waals surface area (Å²) in [5.41, 5.74) is 7.81. The highest BCUT2D eigenvalue weighted by Gasteiger charge is 2.10. The standard InChI is InChI=1S/C12H20N2O2/c1-9-7-11(15-3)12(16-4)8-10(9)14(2)6-5-13/h7-8H,5-6,13H2,1-4H3. The predicted molar refractivity (Wildman–Crippen MR) is 66.6 cm³/mol. The Morgan fingerprint density at radius 2 is 1.75 bits per heavy atom. The number of nitrogens with zero attached hydrogens (tertiary/aromatic N) is 1. The molecule has 0 radical (unpaired) electrons. The van der Waals surface area contributed by atoms with E-state index in [1.54, 1.807) is 14.2 Å². The minimum atomic E-state index is 0.629. The first-order valence-electron chi connectivity index (χ1n) is 5.27. The molecule has 0 aromatic heterocycles. The minimum absolute atomic E-state index is 0.629. The molecule has 0 amide bonds. The number of methoxy groups -OCH3 is 2. The smallest absolute Gasteiger partial charge is 0.162 e. The van der Waals surface area contributed by atoms with Gasteiger partial charge in [0.15, 0.2) is 11.5 Å². The van der Waals surface area contributed by atoms with Crippen LogP contribution in [0.15, 0.2) is 12.1 Å². The first kappa shape index (κ1) is 12.6. The molecule has 1 aromatic carbocycles. The summed E-state index contributed by atoms with van der Waals surface area (Å²) in [5.74, 6) is 1.50. The molecule has 0 aliphatic rings. The molecule has 90 valence electrons. The van der Waals surface area contributed by atoms with Gasteiger partial charge in [-0.2, -0.15) is 0 Å². The lowest BCUT2D eigenvalue weighted by atomic mass is 10.1. The van der Waals surface area contributed by atoms with E-state index in [0.717, 1.165) is 29.3 Å². The maximum atomic E-state index is 5.55. The van der Waals surface area contributed by atoms with Crippen molar-refractivity contribution in [3.63, 3.8) is 0 Å². The lowest BCUT2D eigenvalue weighted by molar-refractivity contribution is 0.355. The summed E-state index contributed by atoms with van der Waals surface area (Å²) in [6.45, 7) is 3.49. The number of aryl methyl sites for hydroxylation is 1. The first-order chi connectivity index (χ1) is 7.63. The fourth-order valence-electron chi connectivity index (χ4n) is 1.70. The van der Waals surface area contributed by atoms with Gasteiger partial charge in [-0.3, -0.25) is 0 Å². The number of anilines is 1. The maximum Gasteiger partial charge on any atom is 0.162 e. The van der Waals surface area contributed by atoms with Gasteiger partial charge in [0.1, 0.15) is 0 Å². The van der Waals surface area contributed by atoms with Crippen LogP contribution in [0.1, 0.15) is 5.56 Å². The second-order valence-electron chi connectivity index (χ2n) is 3.70. The Kier molecular flexibility index (Phi) is 4.43. The number of likely N-dealkylation sites (N-methyl/N-ethyl adjacent to an activating group) is 1. The van der Waals surface area contributed by atoms with E-state index >= 15 is 0 Å². The SMILES string of the molecule is COc1cc(C)c(N(C)CCN)cc1OC. The quantitative estimate of drug-likeness (QED) is 0.821. The van der Waals surface area contributed by atoms with Gasteiger partial charge in [0.25, 0.3) is 0 Å². The summed E-state index contributed by atoms with van der Waals surface area (Å²) in [6.07, 6.45) is 0. The molecule has 0 heterocycles. The fourth-order valence-corrected chi connectivity index (χ4v) is 1.70. The average Bonchev–Trinajstić information content (AvgIpc) is 2.28. The molecule has 0 unspecified atom stereocenters. The zero-order valence-electron chi connectivity index (χ0n) is 10.4. The van der Waals surface area contributed by atoms with Gasteiger partial charge in [0, 0.05) is 31.9 Å². The average molecular weight is 224 g/mol. The van der Waals surface area contributed by atoms with E-state index in [0.29, 0.717) is 6.54 Å². The summed E-state index contributed by atoms with van der Waals surface area (Å²) < 4.78 is 10.5. The van der Waals surface area contributed by atoms with Crippen LogP contribution in [-0.4, -0.2) is 34.4 Å². The third-order valence-corrected chi connectivity index (χ3v) is 2.58. The fraction of sp³-hybridized carbons (Fsp3) is 0.500. The number of ether oxygens (including phenoxy) is 2. The molecule has 1 rings (SSSR count). The van der Waals surface area contributed by atoms with Crippen molar-refractivity contribution in [1.82, 2.24) is 0 Å². The number of benzene rings is 1. The van der Waals surface area contributed by atoms with Crippen LogP contribution in [0.3, 0.4) is 0 Å². The van der Waals surface area contributed by atoms with Crippen LogP contribution in [0, 0.1) is 6.92 Å². The molecule has 4 heteroatoms. The van der Waals surface area contributed by atoms with Gasteiger partial charge in [-0.1, -0.05) is 0 Å². The Morgan fingerprint density at radius 1 is 1.19 bits per heavy atom. The van der Waals surface area contributed by atoms with Gasteiger partial charge in [-0.05, 0) is 18.6 Å². The highest BCUT2D eigenvalue weighted by molar-refractivity contribution is 5.61. The van der Waals surface area contributed by atoms with Crippen LogP contribution in [0.25, 0.3) is 0 Å². The Labute approximate surface area is 96.9 Å². The zero-order chi connectivity index (χ0) is 12.1. The molecule has 16 heavy (non-hydrogen) atoms. The van der Waals surface area contributed by atoms with Crippen molar-refractivity contribution in [2.75, 3.05) is 39.3 Å². The second kappa shape index (κ2) is 5.61. The van der Waals surface area contributed by atoms with Crippen LogP contribution in [-0.2, 0) is 0 Å².